The Labute approximate surface area is 203 Å². The van der Waals surface area contributed by atoms with Crippen LogP contribution < -0.4 is 0 Å². The Morgan fingerprint density at radius 2 is 1.94 bits per heavy atom. The molecule has 0 radical (unpaired) electrons. The van der Waals surface area contributed by atoms with E-state index in [4.69, 9.17) is 0 Å². The number of benzene rings is 1. The van der Waals surface area contributed by atoms with E-state index in [9.17, 15) is 13.7 Å². The zero-order valence-electron chi connectivity index (χ0n) is 19.4. The topological polar surface area (TPSA) is 124 Å². The lowest BCUT2D eigenvalue weighted by molar-refractivity contribution is 0.160. The lowest BCUT2D eigenvalue weighted by Crippen LogP contribution is -2.49. The summed E-state index contributed by atoms with van der Waals surface area (Å²) in [5.41, 5.74) is 2.74. The van der Waals surface area contributed by atoms with E-state index in [0.717, 1.165) is 35.3 Å². The molecule has 5 rings (SSSR count). The summed E-state index contributed by atoms with van der Waals surface area (Å²) in [6, 6.07) is 10.5. The van der Waals surface area contributed by atoms with Crippen LogP contribution in [0.3, 0.4) is 0 Å². The van der Waals surface area contributed by atoms with Crippen LogP contribution in [-0.2, 0) is 10.0 Å². The largest absolute Gasteiger partial charge is 0.346 e. The molecule has 1 aliphatic heterocycles. The minimum Gasteiger partial charge on any atom is -0.346 e. The molecule has 1 atom stereocenters. The number of aromatic nitrogens is 5. The fourth-order valence-corrected chi connectivity index (χ4v) is 6.10. The Kier molecular flexibility index (Phi) is 6.34. The number of aromatic amines is 1. The minimum absolute atomic E-state index is 0.0766. The van der Waals surface area contributed by atoms with Crippen LogP contribution in [0.4, 0.5) is 0 Å². The number of fused-ring (bicyclic) bond motifs is 1. The van der Waals surface area contributed by atoms with Crippen molar-refractivity contribution < 1.29 is 8.42 Å². The van der Waals surface area contributed by atoms with Gasteiger partial charge in [-0.3, -0.25) is 9.58 Å². The zero-order chi connectivity index (χ0) is 24.4. The highest BCUT2D eigenvalue weighted by Crippen LogP contribution is 2.26. The van der Waals surface area contributed by atoms with E-state index < -0.39 is 10.0 Å². The van der Waals surface area contributed by atoms with E-state index in [-0.39, 0.29) is 16.5 Å². The van der Waals surface area contributed by atoms with E-state index in [0.29, 0.717) is 26.2 Å². The summed E-state index contributed by atoms with van der Waals surface area (Å²) in [5.74, 6) is 0. The van der Waals surface area contributed by atoms with E-state index in [1.165, 1.54) is 16.4 Å². The molecule has 10 nitrogen and oxygen atoms in total. The summed E-state index contributed by atoms with van der Waals surface area (Å²) in [7, 11) is -3.70. The molecule has 0 saturated carbocycles. The molecule has 1 unspecified atom stereocenters. The maximum Gasteiger partial charge on any atom is 0.244 e. The van der Waals surface area contributed by atoms with Crippen molar-refractivity contribution >= 4 is 21.1 Å². The van der Waals surface area contributed by atoms with Gasteiger partial charge in [-0.15, -0.1) is 0 Å². The SMILES string of the molecule is CCC(CN1CCN(S(=O)(=O)c2ccccc2C#N)CC1)n1cc(-c2ncnc3[nH]ccc23)cn1. The molecule has 11 heteroatoms. The van der Waals surface area contributed by atoms with Crippen LogP contribution >= 0.6 is 0 Å². The van der Waals surface area contributed by atoms with Crippen molar-refractivity contribution in [3.8, 4) is 17.3 Å². The van der Waals surface area contributed by atoms with E-state index in [1.54, 1.807) is 18.5 Å². The molecule has 1 aliphatic rings. The van der Waals surface area contributed by atoms with Crippen molar-refractivity contribution in [1.82, 2.24) is 33.9 Å². The third kappa shape index (κ3) is 4.43. The first-order chi connectivity index (χ1) is 17.0. The van der Waals surface area contributed by atoms with E-state index in [1.807, 2.05) is 35.4 Å². The summed E-state index contributed by atoms with van der Waals surface area (Å²) in [6.07, 6.45) is 8.13. The first-order valence-corrected chi connectivity index (χ1v) is 13.0. The highest BCUT2D eigenvalue weighted by atomic mass is 32.2. The summed E-state index contributed by atoms with van der Waals surface area (Å²) >= 11 is 0. The number of piperazine rings is 1. The number of nitrogens with one attached hydrogen (secondary N) is 1. The predicted octanol–water partition coefficient (Wildman–Crippen LogP) is 2.65. The Morgan fingerprint density at radius 1 is 1.14 bits per heavy atom. The van der Waals surface area contributed by atoms with Crippen molar-refractivity contribution in [1.29, 1.82) is 5.26 Å². The van der Waals surface area contributed by atoms with Gasteiger partial charge in [-0.2, -0.15) is 14.7 Å². The molecule has 0 aliphatic carbocycles. The number of H-pyrrole nitrogens is 1. The Balaban J connectivity index is 1.26. The van der Waals surface area contributed by atoms with Crippen molar-refractivity contribution in [2.75, 3.05) is 32.7 Å². The van der Waals surface area contributed by atoms with Gasteiger partial charge in [-0.1, -0.05) is 19.1 Å². The molecule has 1 aromatic carbocycles. The van der Waals surface area contributed by atoms with Crippen molar-refractivity contribution in [2.45, 2.75) is 24.3 Å². The van der Waals surface area contributed by atoms with Crippen LogP contribution in [0, 0.1) is 11.3 Å². The van der Waals surface area contributed by atoms with Gasteiger partial charge in [0.2, 0.25) is 10.0 Å². The zero-order valence-corrected chi connectivity index (χ0v) is 20.2. The molecule has 1 fully saturated rings. The number of nitriles is 1. The second-order valence-corrected chi connectivity index (χ2v) is 10.5. The molecule has 0 spiro atoms. The summed E-state index contributed by atoms with van der Waals surface area (Å²) in [5, 5.41) is 14.9. The maximum atomic E-state index is 13.1. The van der Waals surface area contributed by atoms with Crippen LogP contribution in [0.1, 0.15) is 24.9 Å². The van der Waals surface area contributed by atoms with Crippen LogP contribution in [-0.4, -0.2) is 75.1 Å². The van der Waals surface area contributed by atoms with Crippen molar-refractivity contribution in [2.24, 2.45) is 0 Å². The Morgan fingerprint density at radius 3 is 2.71 bits per heavy atom. The lowest BCUT2D eigenvalue weighted by Gasteiger charge is -2.35. The average molecular weight is 491 g/mol. The van der Waals surface area contributed by atoms with Gasteiger partial charge in [0.15, 0.2) is 0 Å². The average Bonchev–Trinajstić information content (AvgIpc) is 3.57. The third-order valence-electron chi connectivity index (χ3n) is 6.50. The normalized spacial score (nSPS) is 16.3. The van der Waals surface area contributed by atoms with E-state index >= 15 is 0 Å². The first-order valence-electron chi connectivity index (χ1n) is 11.6. The van der Waals surface area contributed by atoms with Gasteiger partial charge in [-0.25, -0.2) is 18.4 Å². The van der Waals surface area contributed by atoms with Crippen LogP contribution in [0.25, 0.3) is 22.3 Å². The van der Waals surface area contributed by atoms with E-state index in [2.05, 4.69) is 31.9 Å². The quantitative estimate of drug-likeness (QED) is 0.422. The smallest absolute Gasteiger partial charge is 0.244 e. The molecule has 0 amide bonds. The fraction of sp³-hybridized carbons (Fsp3) is 0.333. The monoisotopic (exact) mass is 490 g/mol. The highest BCUT2D eigenvalue weighted by molar-refractivity contribution is 7.89. The summed E-state index contributed by atoms with van der Waals surface area (Å²) in [6.45, 7) is 4.90. The van der Waals surface area contributed by atoms with Gasteiger partial charge in [0.25, 0.3) is 0 Å². The van der Waals surface area contributed by atoms with Crippen molar-refractivity contribution in [3.63, 3.8) is 0 Å². The Bertz CT molecular complexity index is 1480. The lowest BCUT2D eigenvalue weighted by atomic mass is 10.1. The predicted molar refractivity (Wildman–Crippen MR) is 131 cm³/mol. The fourth-order valence-electron chi connectivity index (χ4n) is 4.54. The van der Waals surface area contributed by atoms with Gasteiger partial charge >= 0.3 is 0 Å². The summed E-state index contributed by atoms with van der Waals surface area (Å²) in [4.78, 5) is 14.2. The van der Waals surface area contributed by atoms with Gasteiger partial charge < -0.3 is 4.98 Å². The van der Waals surface area contributed by atoms with Crippen molar-refractivity contribution in [3.05, 3.63) is 60.8 Å². The molecule has 1 saturated heterocycles. The molecule has 4 aromatic rings. The van der Waals surface area contributed by atoms with Gasteiger partial charge in [0.1, 0.15) is 18.0 Å². The molecule has 35 heavy (non-hydrogen) atoms. The molecule has 180 valence electrons. The van der Waals surface area contributed by atoms with Crippen LogP contribution in [0.2, 0.25) is 0 Å². The molecule has 4 heterocycles. The minimum atomic E-state index is -3.70. The molecule has 1 N–H and O–H groups in total. The number of hydrogen-bond donors (Lipinski definition) is 1. The molecule has 0 bridgehead atoms. The first kappa shape index (κ1) is 23.2. The van der Waals surface area contributed by atoms with Gasteiger partial charge in [0, 0.05) is 56.1 Å². The number of hydrogen-bond acceptors (Lipinski definition) is 7. The second kappa shape index (κ2) is 9.58. The maximum absolute atomic E-state index is 13.1. The molecular formula is C24H26N8O2S. The second-order valence-electron chi connectivity index (χ2n) is 8.55. The standard InChI is InChI=1S/C24H26N8O2S/c1-2-20(32-15-19(14-29-32)23-21-7-8-26-24(21)28-17-27-23)16-30-9-11-31(12-10-30)35(33,34)22-6-4-3-5-18(22)13-25/h3-8,14-15,17,20H,2,9-12,16H2,1H3,(H,26,27,28). The van der Waals surface area contributed by atoms with Crippen LogP contribution in [0.5, 0.6) is 0 Å². The molecular weight excluding hydrogens is 464 g/mol. The third-order valence-corrected chi connectivity index (χ3v) is 8.46. The summed E-state index contributed by atoms with van der Waals surface area (Å²) < 4.78 is 29.7. The highest BCUT2D eigenvalue weighted by Gasteiger charge is 2.31. The Hall–Kier alpha value is -3.59. The van der Waals surface area contributed by atoms with Gasteiger partial charge in [-0.05, 0) is 24.6 Å². The van der Waals surface area contributed by atoms with Gasteiger partial charge in [0.05, 0.1) is 28.4 Å². The molecule has 3 aromatic heterocycles. The number of nitrogens with zero attached hydrogens (tertiary/aromatic N) is 7. The van der Waals surface area contributed by atoms with Crippen LogP contribution in [0.15, 0.2) is 60.1 Å². The number of sulfonamides is 1. The number of rotatable bonds is 7.